The predicted molar refractivity (Wildman–Crippen MR) is 122 cm³/mol. The summed E-state index contributed by atoms with van der Waals surface area (Å²) < 4.78 is 5.36. The van der Waals surface area contributed by atoms with Gasteiger partial charge in [0.05, 0.1) is 0 Å². The van der Waals surface area contributed by atoms with Crippen molar-refractivity contribution in [3.63, 3.8) is 0 Å². The fourth-order valence-corrected chi connectivity index (χ4v) is 4.28. The summed E-state index contributed by atoms with van der Waals surface area (Å²) in [4.78, 5) is 24.1. The molecule has 0 bridgehead atoms. The van der Waals surface area contributed by atoms with Crippen LogP contribution in [0.1, 0.15) is 40.7 Å². The van der Waals surface area contributed by atoms with Crippen molar-refractivity contribution >= 4 is 34.3 Å². The number of aryl methyl sites for hydroxylation is 4. The zero-order chi connectivity index (χ0) is 21.0. The van der Waals surface area contributed by atoms with Gasteiger partial charge in [0.2, 0.25) is 5.91 Å². The van der Waals surface area contributed by atoms with E-state index in [1.807, 2.05) is 45.0 Å². The molecule has 0 aliphatic rings. The van der Waals surface area contributed by atoms with Crippen LogP contribution in [-0.4, -0.2) is 11.7 Å². The van der Waals surface area contributed by atoms with Crippen molar-refractivity contribution in [2.45, 2.75) is 46.3 Å². The van der Waals surface area contributed by atoms with Crippen molar-refractivity contribution in [2.24, 2.45) is 0 Å². The third kappa shape index (κ3) is 5.30. The lowest BCUT2D eigenvalue weighted by atomic mass is 10.0. The predicted octanol–water partition coefficient (Wildman–Crippen LogP) is 5.68. The largest absolute Gasteiger partial charge is 0.423 e. The Labute approximate surface area is 175 Å². The van der Waals surface area contributed by atoms with Gasteiger partial charge in [-0.15, -0.1) is 0 Å². The minimum Gasteiger partial charge on any atom is -0.423 e. The molecular weight excluding hydrogens is 382 g/mol. The number of rotatable bonds is 7. The second kappa shape index (κ2) is 9.31. The molecule has 4 nitrogen and oxygen atoms in total. The summed E-state index contributed by atoms with van der Waals surface area (Å²) in [6.07, 6.45) is 1.27. The molecule has 0 saturated heterocycles. The molecule has 0 fully saturated rings. The first-order valence-electron chi connectivity index (χ1n) is 9.83. The van der Waals surface area contributed by atoms with E-state index < -0.39 is 0 Å². The van der Waals surface area contributed by atoms with Crippen LogP contribution < -0.4 is 10.9 Å². The van der Waals surface area contributed by atoms with Crippen molar-refractivity contribution < 1.29 is 9.21 Å². The number of carbonyl (C=O) groups is 1. The van der Waals surface area contributed by atoms with Crippen LogP contribution in [0.3, 0.4) is 0 Å². The van der Waals surface area contributed by atoms with E-state index in [1.54, 1.807) is 17.8 Å². The summed E-state index contributed by atoms with van der Waals surface area (Å²) in [7, 11) is 0. The molecule has 0 unspecified atom stereocenters. The highest BCUT2D eigenvalue weighted by atomic mass is 32.2. The van der Waals surface area contributed by atoms with Crippen molar-refractivity contribution in [2.75, 3.05) is 11.1 Å². The summed E-state index contributed by atoms with van der Waals surface area (Å²) in [5.74, 6) is 1.62. The molecule has 152 valence electrons. The number of fused-ring (bicyclic) bond motifs is 1. The molecule has 1 amide bonds. The SMILES string of the molecule is Cc1cc2oc(=O)cc(CSCCCC(=O)Nc3c(C)cccc3C)c2cc1C. The highest BCUT2D eigenvalue weighted by Crippen LogP contribution is 2.25. The maximum absolute atomic E-state index is 12.3. The van der Waals surface area contributed by atoms with Gasteiger partial charge in [0.15, 0.2) is 0 Å². The molecule has 1 aromatic heterocycles. The molecular formula is C24H27NO3S. The van der Waals surface area contributed by atoms with Crippen molar-refractivity contribution in [3.05, 3.63) is 74.6 Å². The van der Waals surface area contributed by atoms with Crippen LogP contribution in [0.4, 0.5) is 5.69 Å². The van der Waals surface area contributed by atoms with Gasteiger partial charge in [-0.3, -0.25) is 4.79 Å². The van der Waals surface area contributed by atoms with Gasteiger partial charge in [-0.1, -0.05) is 18.2 Å². The van der Waals surface area contributed by atoms with Crippen molar-refractivity contribution in [1.29, 1.82) is 0 Å². The number of para-hydroxylation sites is 1. The summed E-state index contributed by atoms with van der Waals surface area (Å²) in [6.45, 7) is 8.08. The Bertz CT molecular complexity index is 1080. The minimum absolute atomic E-state index is 0.0416. The van der Waals surface area contributed by atoms with Crippen LogP contribution in [0, 0.1) is 27.7 Å². The topological polar surface area (TPSA) is 59.3 Å². The van der Waals surface area contributed by atoms with Gasteiger partial charge in [0.1, 0.15) is 5.58 Å². The van der Waals surface area contributed by atoms with Gasteiger partial charge in [0, 0.05) is 29.3 Å². The van der Waals surface area contributed by atoms with Gasteiger partial charge in [0.25, 0.3) is 0 Å². The number of benzene rings is 2. The van der Waals surface area contributed by atoms with E-state index in [0.717, 1.165) is 51.3 Å². The average molecular weight is 410 g/mol. The van der Waals surface area contributed by atoms with Crippen LogP contribution in [0.2, 0.25) is 0 Å². The molecule has 0 radical (unpaired) electrons. The quantitative estimate of drug-likeness (QED) is 0.403. The number of carbonyl (C=O) groups excluding carboxylic acids is 1. The highest BCUT2D eigenvalue weighted by molar-refractivity contribution is 7.98. The Balaban J connectivity index is 1.54. The molecule has 0 atom stereocenters. The van der Waals surface area contributed by atoms with E-state index in [1.165, 1.54) is 5.56 Å². The van der Waals surface area contributed by atoms with Crippen LogP contribution in [0.25, 0.3) is 11.0 Å². The monoisotopic (exact) mass is 409 g/mol. The standard InChI is InChI=1S/C24H27NO3S/c1-15-7-5-8-16(2)24(15)25-22(26)9-6-10-29-14-19-13-23(27)28-21-12-18(4)17(3)11-20(19)21/h5,7-8,11-13H,6,9-10,14H2,1-4H3,(H,25,26). The normalized spacial score (nSPS) is 11.0. The van der Waals surface area contributed by atoms with Gasteiger partial charge >= 0.3 is 5.63 Å². The second-order valence-electron chi connectivity index (χ2n) is 7.49. The van der Waals surface area contributed by atoms with Crippen LogP contribution in [-0.2, 0) is 10.5 Å². The molecule has 0 aliphatic heterocycles. The maximum Gasteiger partial charge on any atom is 0.336 e. The molecule has 1 heterocycles. The van der Waals surface area contributed by atoms with E-state index in [2.05, 4.69) is 18.3 Å². The average Bonchev–Trinajstić information content (AvgIpc) is 2.66. The second-order valence-corrected chi connectivity index (χ2v) is 8.60. The Morgan fingerprint density at radius 2 is 1.69 bits per heavy atom. The number of hydrogen-bond acceptors (Lipinski definition) is 4. The van der Waals surface area contributed by atoms with Crippen LogP contribution in [0.5, 0.6) is 0 Å². The van der Waals surface area contributed by atoms with E-state index >= 15 is 0 Å². The first kappa shape index (κ1) is 21.2. The zero-order valence-corrected chi connectivity index (χ0v) is 18.2. The Morgan fingerprint density at radius 3 is 2.41 bits per heavy atom. The Kier molecular flexibility index (Phi) is 6.80. The molecule has 0 saturated carbocycles. The van der Waals surface area contributed by atoms with Crippen LogP contribution in [0.15, 0.2) is 45.6 Å². The van der Waals surface area contributed by atoms with E-state index in [-0.39, 0.29) is 11.5 Å². The molecule has 29 heavy (non-hydrogen) atoms. The third-order valence-electron chi connectivity index (χ3n) is 5.14. The highest BCUT2D eigenvalue weighted by Gasteiger charge is 2.09. The Morgan fingerprint density at radius 1 is 1.00 bits per heavy atom. The number of nitrogens with one attached hydrogen (secondary N) is 1. The molecule has 3 rings (SSSR count). The first-order chi connectivity index (χ1) is 13.8. The number of amides is 1. The summed E-state index contributed by atoms with van der Waals surface area (Å²) >= 11 is 1.73. The number of anilines is 1. The molecule has 0 spiro atoms. The van der Waals surface area contributed by atoms with Crippen molar-refractivity contribution in [3.8, 4) is 0 Å². The van der Waals surface area contributed by atoms with Crippen LogP contribution >= 0.6 is 11.8 Å². The molecule has 2 aromatic carbocycles. The van der Waals surface area contributed by atoms with Crippen molar-refractivity contribution in [1.82, 2.24) is 0 Å². The lowest BCUT2D eigenvalue weighted by molar-refractivity contribution is -0.116. The van der Waals surface area contributed by atoms with Gasteiger partial charge in [-0.05, 0) is 79.8 Å². The van der Waals surface area contributed by atoms with Gasteiger partial charge in [-0.25, -0.2) is 4.79 Å². The van der Waals surface area contributed by atoms with Gasteiger partial charge in [-0.2, -0.15) is 11.8 Å². The summed E-state index contributed by atoms with van der Waals surface area (Å²) in [5.41, 5.74) is 6.68. The minimum atomic E-state index is -0.315. The number of thioether (sulfide) groups is 1. The number of hydrogen-bond donors (Lipinski definition) is 1. The maximum atomic E-state index is 12.3. The van der Waals surface area contributed by atoms with E-state index in [9.17, 15) is 9.59 Å². The van der Waals surface area contributed by atoms with E-state index in [4.69, 9.17) is 4.42 Å². The smallest absolute Gasteiger partial charge is 0.336 e. The third-order valence-corrected chi connectivity index (χ3v) is 6.23. The lowest BCUT2D eigenvalue weighted by Gasteiger charge is -2.11. The lowest BCUT2D eigenvalue weighted by Crippen LogP contribution is -2.13. The molecule has 5 heteroatoms. The summed E-state index contributed by atoms with van der Waals surface area (Å²) in [6, 6.07) is 11.6. The molecule has 3 aromatic rings. The van der Waals surface area contributed by atoms with E-state index in [0.29, 0.717) is 12.0 Å². The molecule has 0 aliphatic carbocycles. The Hall–Kier alpha value is -2.53. The fraction of sp³-hybridized carbons (Fsp3) is 0.333. The van der Waals surface area contributed by atoms with Gasteiger partial charge < -0.3 is 9.73 Å². The zero-order valence-electron chi connectivity index (χ0n) is 17.4. The first-order valence-corrected chi connectivity index (χ1v) is 11.0. The summed E-state index contributed by atoms with van der Waals surface area (Å²) in [5, 5.41) is 4.02. The molecule has 1 N–H and O–H groups in total. The fourth-order valence-electron chi connectivity index (χ4n) is 3.33.